The highest BCUT2D eigenvalue weighted by atomic mass is 15.4. The molecule has 1 fully saturated rings. The fraction of sp³-hybridized carbons (Fsp3) is 1.00. The Morgan fingerprint density at radius 3 is 1.89 bits per heavy atom. The van der Waals surface area contributed by atoms with Gasteiger partial charge in [0.1, 0.15) is 0 Å². The van der Waals surface area contributed by atoms with Gasteiger partial charge in [0.2, 0.25) is 0 Å². The van der Waals surface area contributed by atoms with Gasteiger partial charge in [0, 0.05) is 23.9 Å². The second kappa shape index (κ2) is 5.13. The lowest BCUT2D eigenvalue weighted by Crippen LogP contribution is -2.65. The zero-order chi connectivity index (χ0) is 14.2. The van der Waals surface area contributed by atoms with Crippen molar-refractivity contribution in [2.75, 3.05) is 27.7 Å². The van der Waals surface area contributed by atoms with E-state index in [1.807, 2.05) is 0 Å². The quantitative estimate of drug-likeness (QED) is 0.695. The number of rotatable bonds is 4. The van der Waals surface area contributed by atoms with Crippen LogP contribution in [0.2, 0.25) is 0 Å². The van der Waals surface area contributed by atoms with E-state index in [2.05, 4.69) is 60.7 Å². The first-order chi connectivity index (χ1) is 8.03. The number of unbranched alkanes of at least 4 members (excludes halogenated alkanes) is 1. The molecule has 1 aliphatic heterocycles. The monoisotopic (exact) mass is 255 g/mol. The highest BCUT2D eigenvalue weighted by Gasteiger charge is 2.47. The summed E-state index contributed by atoms with van der Waals surface area (Å²) in [6.07, 6.45) is 5.27. The van der Waals surface area contributed by atoms with E-state index in [9.17, 15) is 0 Å². The molecule has 0 spiro atoms. The maximum Gasteiger partial charge on any atom is 0.0921 e. The Morgan fingerprint density at radius 2 is 1.50 bits per heavy atom. The third-order valence-electron chi connectivity index (χ3n) is 5.36. The summed E-state index contributed by atoms with van der Waals surface area (Å²) < 4.78 is 1.19. The van der Waals surface area contributed by atoms with Crippen molar-refractivity contribution in [2.45, 2.75) is 77.4 Å². The van der Waals surface area contributed by atoms with Gasteiger partial charge in [0.05, 0.1) is 26.7 Å². The van der Waals surface area contributed by atoms with Crippen molar-refractivity contribution < 1.29 is 4.48 Å². The van der Waals surface area contributed by atoms with E-state index >= 15 is 0 Å². The van der Waals surface area contributed by atoms with Crippen molar-refractivity contribution >= 4 is 0 Å². The number of likely N-dealkylation sites (tertiary alicyclic amines) is 1. The second-order valence-electron chi connectivity index (χ2n) is 8.10. The summed E-state index contributed by atoms with van der Waals surface area (Å²) >= 11 is 0. The largest absolute Gasteiger partial charge is 0.326 e. The minimum absolute atomic E-state index is 0.314. The molecule has 2 heteroatoms. The lowest BCUT2D eigenvalue weighted by atomic mass is 9.76. The van der Waals surface area contributed by atoms with E-state index in [1.165, 1.54) is 36.7 Å². The van der Waals surface area contributed by atoms with Crippen LogP contribution < -0.4 is 0 Å². The minimum atomic E-state index is 0.314. The number of quaternary nitrogens is 1. The van der Waals surface area contributed by atoms with E-state index in [1.54, 1.807) is 0 Å². The molecule has 0 unspecified atom stereocenters. The van der Waals surface area contributed by atoms with Gasteiger partial charge in [-0.25, -0.2) is 0 Å². The first kappa shape index (κ1) is 16.0. The van der Waals surface area contributed by atoms with Gasteiger partial charge in [-0.15, -0.1) is 0 Å². The molecule has 0 amide bonds. The minimum Gasteiger partial charge on any atom is -0.326 e. The van der Waals surface area contributed by atoms with Crippen molar-refractivity contribution in [3.05, 3.63) is 0 Å². The van der Waals surface area contributed by atoms with Gasteiger partial charge >= 0.3 is 0 Å². The van der Waals surface area contributed by atoms with E-state index < -0.39 is 0 Å². The molecule has 2 nitrogen and oxygen atoms in total. The molecular formula is C16H35N2+. The zero-order valence-corrected chi connectivity index (χ0v) is 14.0. The summed E-state index contributed by atoms with van der Waals surface area (Å²) in [7, 11) is 7.15. The van der Waals surface area contributed by atoms with Crippen LogP contribution >= 0.6 is 0 Å². The van der Waals surface area contributed by atoms with Crippen LogP contribution in [0.4, 0.5) is 0 Å². The van der Waals surface area contributed by atoms with Crippen molar-refractivity contribution in [1.29, 1.82) is 0 Å². The summed E-state index contributed by atoms with van der Waals surface area (Å²) in [4.78, 5) is 2.58. The Labute approximate surface area is 115 Å². The molecular weight excluding hydrogens is 220 g/mol. The Bertz CT molecular complexity index is 261. The van der Waals surface area contributed by atoms with Gasteiger partial charge in [-0.2, -0.15) is 0 Å². The van der Waals surface area contributed by atoms with Crippen LogP contribution in [-0.4, -0.2) is 54.2 Å². The zero-order valence-electron chi connectivity index (χ0n) is 14.0. The molecule has 18 heavy (non-hydrogen) atoms. The van der Waals surface area contributed by atoms with Crippen molar-refractivity contribution in [3.8, 4) is 0 Å². The Kier molecular flexibility index (Phi) is 4.55. The van der Waals surface area contributed by atoms with Gasteiger partial charge in [-0.1, -0.05) is 13.3 Å². The fourth-order valence-corrected chi connectivity index (χ4v) is 3.56. The van der Waals surface area contributed by atoms with Gasteiger partial charge in [-0.05, 0) is 41.2 Å². The smallest absolute Gasteiger partial charge is 0.0921 e. The summed E-state index contributed by atoms with van der Waals surface area (Å²) in [6, 6.07) is 0.790. The topological polar surface area (TPSA) is 3.24 Å². The summed E-state index contributed by atoms with van der Waals surface area (Å²) in [5, 5.41) is 0. The Morgan fingerprint density at radius 1 is 1.06 bits per heavy atom. The summed E-state index contributed by atoms with van der Waals surface area (Å²) in [6.45, 7) is 13.2. The van der Waals surface area contributed by atoms with Crippen LogP contribution in [0.5, 0.6) is 0 Å². The average Bonchev–Trinajstić information content (AvgIpc) is 2.22. The molecule has 0 bridgehead atoms. The molecule has 1 rings (SSSR count). The molecule has 0 N–H and O–H groups in total. The number of piperidine rings is 1. The molecule has 0 saturated carbocycles. The van der Waals surface area contributed by atoms with Gasteiger partial charge in [0.25, 0.3) is 0 Å². The highest BCUT2D eigenvalue weighted by Crippen LogP contribution is 2.40. The predicted octanol–water partition coefficient (Wildman–Crippen LogP) is 3.51. The second-order valence-corrected chi connectivity index (χ2v) is 8.10. The third-order valence-corrected chi connectivity index (χ3v) is 5.36. The number of nitrogens with zero attached hydrogens (tertiary/aromatic N) is 2. The molecule has 0 atom stereocenters. The first-order valence-corrected chi connectivity index (χ1v) is 7.59. The first-order valence-electron chi connectivity index (χ1n) is 7.59. The standard InChI is InChI=1S/C16H35N2/c1-9-10-11-18(7,8)14-12-15(2,3)17(6)16(4,5)13-14/h14H,9-13H2,1-8H3/q+1. The maximum absolute atomic E-state index is 2.58. The van der Waals surface area contributed by atoms with E-state index in [0.29, 0.717) is 11.1 Å². The predicted molar refractivity (Wildman–Crippen MR) is 80.8 cm³/mol. The molecule has 0 aromatic heterocycles. The Balaban J connectivity index is 2.86. The number of hydrogen-bond donors (Lipinski definition) is 0. The molecule has 0 radical (unpaired) electrons. The molecule has 1 heterocycles. The van der Waals surface area contributed by atoms with E-state index in [-0.39, 0.29) is 0 Å². The summed E-state index contributed by atoms with van der Waals surface area (Å²) in [5.74, 6) is 0. The van der Waals surface area contributed by atoms with E-state index in [4.69, 9.17) is 0 Å². The van der Waals surface area contributed by atoms with Gasteiger partial charge < -0.3 is 4.48 Å². The van der Waals surface area contributed by atoms with Crippen LogP contribution in [0.1, 0.15) is 60.3 Å². The fourth-order valence-electron chi connectivity index (χ4n) is 3.56. The molecule has 1 aliphatic rings. The van der Waals surface area contributed by atoms with Crippen LogP contribution in [0.25, 0.3) is 0 Å². The lowest BCUT2D eigenvalue weighted by molar-refractivity contribution is -0.918. The lowest BCUT2D eigenvalue weighted by Gasteiger charge is -2.56. The number of hydrogen-bond acceptors (Lipinski definition) is 1. The van der Waals surface area contributed by atoms with Crippen molar-refractivity contribution in [3.63, 3.8) is 0 Å². The molecule has 1 saturated heterocycles. The molecule has 0 aromatic rings. The van der Waals surface area contributed by atoms with Crippen LogP contribution in [0.3, 0.4) is 0 Å². The average molecular weight is 255 g/mol. The summed E-state index contributed by atoms with van der Waals surface area (Å²) in [5.41, 5.74) is 0.627. The van der Waals surface area contributed by atoms with Crippen LogP contribution in [-0.2, 0) is 0 Å². The van der Waals surface area contributed by atoms with Crippen LogP contribution in [0, 0.1) is 0 Å². The molecule has 0 aromatic carbocycles. The molecule has 0 aliphatic carbocycles. The van der Waals surface area contributed by atoms with Gasteiger partial charge in [-0.3, -0.25) is 4.90 Å². The van der Waals surface area contributed by atoms with Crippen LogP contribution in [0.15, 0.2) is 0 Å². The van der Waals surface area contributed by atoms with Crippen molar-refractivity contribution in [1.82, 2.24) is 4.90 Å². The van der Waals surface area contributed by atoms with Crippen molar-refractivity contribution in [2.24, 2.45) is 0 Å². The normalized spacial score (nSPS) is 25.3. The highest BCUT2D eigenvalue weighted by molar-refractivity contribution is 4.99. The van der Waals surface area contributed by atoms with Gasteiger partial charge in [0.15, 0.2) is 0 Å². The third kappa shape index (κ3) is 3.27. The Hall–Kier alpha value is -0.0800. The maximum atomic E-state index is 2.58. The van der Waals surface area contributed by atoms with E-state index in [0.717, 1.165) is 6.04 Å². The SMILES string of the molecule is CCCC[N+](C)(C)C1CC(C)(C)N(C)C(C)(C)C1. The molecule has 108 valence electrons.